The molecule has 0 aliphatic heterocycles. The fourth-order valence-electron chi connectivity index (χ4n) is 2.90. The van der Waals surface area contributed by atoms with Gasteiger partial charge in [0, 0.05) is 5.92 Å². The van der Waals surface area contributed by atoms with Crippen LogP contribution in [0.25, 0.3) is 0 Å². The van der Waals surface area contributed by atoms with Crippen molar-refractivity contribution in [3.8, 4) is 5.75 Å². The number of phenolic OH excluding ortho intramolecular Hbond substituents is 1. The summed E-state index contributed by atoms with van der Waals surface area (Å²) in [7, 11) is 0. The van der Waals surface area contributed by atoms with Crippen LogP contribution in [0, 0.1) is 18.7 Å². The molecule has 0 radical (unpaired) electrons. The van der Waals surface area contributed by atoms with Crippen LogP contribution in [0.15, 0.2) is 40.9 Å². The third-order valence-corrected chi connectivity index (χ3v) is 4.92. The average molecular weight is 378 g/mol. The molecule has 0 unspecified atom stereocenters. The largest absolute Gasteiger partial charge is 0.505 e. The number of carbonyl (C=O) groups excluding carboxylic acids is 1. The lowest BCUT2D eigenvalue weighted by atomic mass is 9.71. The smallest absolute Gasteiger partial charge is 0.227 e. The fraction of sp³-hybridized carbons (Fsp3) is 0.278. The predicted octanol–water partition coefficient (Wildman–Crippen LogP) is 4.73. The molecule has 2 aromatic carbocycles. The Bertz CT molecular complexity index is 739. The first-order chi connectivity index (χ1) is 10.9. The third kappa shape index (κ3) is 3.39. The van der Waals surface area contributed by atoms with Crippen molar-refractivity contribution in [1.29, 1.82) is 0 Å². The molecule has 0 heterocycles. The minimum Gasteiger partial charge on any atom is -0.505 e. The van der Waals surface area contributed by atoms with Crippen LogP contribution in [0.1, 0.15) is 29.9 Å². The lowest BCUT2D eigenvalue weighted by molar-refractivity contribution is -0.122. The number of aromatic hydroxyl groups is 1. The van der Waals surface area contributed by atoms with Crippen molar-refractivity contribution in [2.75, 3.05) is 5.32 Å². The molecule has 0 atom stereocenters. The first-order valence-electron chi connectivity index (χ1n) is 7.49. The number of benzene rings is 2. The molecule has 1 fully saturated rings. The molecule has 23 heavy (non-hydrogen) atoms. The fourth-order valence-corrected chi connectivity index (χ4v) is 3.48. The van der Waals surface area contributed by atoms with Crippen molar-refractivity contribution >= 4 is 27.5 Å². The number of hydrogen-bond acceptors (Lipinski definition) is 2. The second kappa shape index (κ2) is 6.32. The van der Waals surface area contributed by atoms with E-state index in [0.29, 0.717) is 16.1 Å². The third-order valence-electron chi connectivity index (χ3n) is 4.32. The van der Waals surface area contributed by atoms with Crippen molar-refractivity contribution < 1.29 is 14.3 Å². The molecule has 0 bridgehead atoms. The summed E-state index contributed by atoms with van der Waals surface area (Å²) in [5.41, 5.74) is 2.44. The quantitative estimate of drug-likeness (QED) is 0.759. The van der Waals surface area contributed by atoms with Crippen LogP contribution in [-0.2, 0) is 4.79 Å². The van der Waals surface area contributed by atoms with Crippen LogP contribution in [0.2, 0.25) is 0 Å². The maximum atomic E-state index is 12.9. The first-order valence-corrected chi connectivity index (χ1v) is 8.29. The monoisotopic (exact) mass is 377 g/mol. The van der Waals surface area contributed by atoms with Gasteiger partial charge in [0.25, 0.3) is 0 Å². The van der Waals surface area contributed by atoms with E-state index in [1.165, 1.54) is 12.1 Å². The van der Waals surface area contributed by atoms with Crippen molar-refractivity contribution in [2.24, 2.45) is 5.92 Å². The molecule has 120 valence electrons. The number of halogens is 2. The Morgan fingerprint density at radius 1 is 1.26 bits per heavy atom. The van der Waals surface area contributed by atoms with Crippen LogP contribution in [-0.4, -0.2) is 11.0 Å². The van der Waals surface area contributed by atoms with Crippen LogP contribution < -0.4 is 5.32 Å². The summed E-state index contributed by atoms with van der Waals surface area (Å²) in [4.78, 5) is 12.3. The molecule has 1 aliphatic rings. The minimum absolute atomic E-state index is 0.0401. The molecule has 3 rings (SSSR count). The van der Waals surface area contributed by atoms with E-state index in [1.54, 1.807) is 24.3 Å². The topological polar surface area (TPSA) is 49.3 Å². The molecular formula is C18H17BrFNO2. The maximum Gasteiger partial charge on any atom is 0.227 e. The van der Waals surface area contributed by atoms with Gasteiger partial charge >= 0.3 is 0 Å². The van der Waals surface area contributed by atoms with Crippen molar-refractivity contribution in [3.05, 3.63) is 57.8 Å². The van der Waals surface area contributed by atoms with E-state index in [1.807, 2.05) is 6.92 Å². The van der Waals surface area contributed by atoms with Crippen molar-refractivity contribution in [3.63, 3.8) is 0 Å². The van der Waals surface area contributed by atoms with Crippen LogP contribution in [0.4, 0.5) is 10.1 Å². The zero-order chi connectivity index (χ0) is 16.6. The number of carbonyl (C=O) groups is 1. The molecule has 2 aromatic rings. The first kappa shape index (κ1) is 16.0. The summed E-state index contributed by atoms with van der Waals surface area (Å²) in [5.74, 6) is -0.0784. The Morgan fingerprint density at radius 3 is 2.57 bits per heavy atom. The van der Waals surface area contributed by atoms with Gasteiger partial charge in [0.1, 0.15) is 5.82 Å². The van der Waals surface area contributed by atoms with E-state index in [9.17, 15) is 14.3 Å². The van der Waals surface area contributed by atoms with E-state index in [-0.39, 0.29) is 23.4 Å². The van der Waals surface area contributed by atoms with E-state index in [0.717, 1.165) is 24.0 Å². The minimum atomic E-state index is -0.247. The van der Waals surface area contributed by atoms with E-state index in [4.69, 9.17) is 0 Å². The molecule has 1 saturated carbocycles. The molecule has 3 nitrogen and oxygen atoms in total. The van der Waals surface area contributed by atoms with Gasteiger partial charge in [0.15, 0.2) is 5.75 Å². The molecule has 1 amide bonds. The molecule has 5 heteroatoms. The summed E-state index contributed by atoms with van der Waals surface area (Å²) in [6.07, 6.45) is 1.48. The zero-order valence-corrected chi connectivity index (χ0v) is 14.2. The van der Waals surface area contributed by atoms with Crippen molar-refractivity contribution in [1.82, 2.24) is 0 Å². The summed E-state index contributed by atoms with van der Waals surface area (Å²) in [5, 5.41) is 12.8. The Morgan fingerprint density at radius 2 is 1.91 bits per heavy atom. The molecule has 2 N–H and O–H groups in total. The Balaban J connectivity index is 1.62. The van der Waals surface area contributed by atoms with Gasteiger partial charge in [-0.2, -0.15) is 0 Å². The SMILES string of the molecule is Cc1cc(Br)c(O)c(NC(=O)C2CC(c3ccc(F)cc3)C2)c1. The highest BCUT2D eigenvalue weighted by Crippen LogP contribution is 2.43. The Kier molecular flexibility index (Phi) is 4.39. The number of rotatable bonds is 3. The van der Waals surface area contributed by atoms with Crippen molar-refractivity contribution in [2.45, 2.75) is 25.7 Å². The summed E-state index contributed by atoms with van der Waals surface area (Å²) < 4.78 is 13.5. The van der Waals surface area contributed by atoms with Gasteiger partial charge in [-0.25, -0.2) is 4.39 Å². The van der Waals surface area contributed by atoms with Crippen LogP contribution in [0.5, 0.6) is 5.75 Å². The number of anilines is 1. The van der Waals surface area contributed by atoms with E-state index < -0.39 is 0 Å². The number of hydrogen-bond donors (Lipinski definition) is 2. The van der Waals surface area contributed by atoms with Gasteiger partial charge in [-0.3, -0.25) is 4.79 Å². The standard InChI is InChI=1S/C18H17BrFNO2/c1-10-6-15(19)17(22)16(7-10)21-18(23)13-8-12(9-13)11-2-4-14(20)5-3-11/h2-7,12-13,22H,8-9H2,1H3,(H,21,23). The Labute approximate surface area is 142 Å². The summed E-state index contributed by atoms with van der Waals surface area (Å²) in [6, 6.07) is 9.98. The van der Waals surface area contributed by atoms with Gasteiger partial charge in [-0.1, -0.05) is 12.1 Å². The van der Waals surface area contributed by atoms with Crippen LogP contribution >= 0.6 is 15.9 Å². The van der Waals surface area contributed by atoms with Gasteiger partial charge in [0.05, 0.1) is 10.2 Å². The number of aryl methyl sites for hydroxylation is 1. The second-order valence-corrected chi connectivity index (χ2v) is 6.90. The predicted molar refractivity (Wildman–Crippen MR) is 91.0 cm³/mol. The number of phenols is 1. The summed E-state index contributed by atoms with van der Waals surface area (Å²) in [6.45, 7) is 1.90. The number of nitrogens with one attached hydrogen (secondary N) is 1. The lowest BCUT2D eigenvalue weighted by Gasteiger charge is -2.34. The van der Waals surface area contributed by atoms with Gasteiger partial charge in [-0.15, -0.1) is 0 Å². The van der Waals surface area contributed by atoms with Gasteiger partial charge in [0.2, 0.25) is 5.91 Å². The molecule has 0 saturated heterocycles. The van der Waals surface area contributed by atoms with Gasteiger partial charge in [-0.05, 0) is 77.0 Å². The Hall–Kier alpha value is -1.88. The zero-order valence-electron chi connectivity index (χ0n) is 12.6. The normalized spacial score (nSPS) is 20.0. The lowest BCUT2D eigenvalue weighted by Crippen LogP contribution is -2.33. The average Bonchev–Trinajstić information content (AvgIpc) is 2.44. The molecule has 1 aliphatic carbocycles. The highest BCUT2D eigenvalue weighted by molar-refractivity contribution is 9.10. The van der Waals surface area contributed by atoms with E-state index in [2.05, 4.69) is 21.2 Å². The number of amides is 1. The molecular weight excluding hydrogens is 361 g/mol. The maximum absolute atomic E-state index is 12.9. The second-order valence-electron chi connectivity index (χ2n) is 6.05. The molecule has 0 aromatic heterocycles. The molecule has 0 spiro atoms. The van der Waals surface area contributed by atoms with Gasteiger partial charge < -0.3 is 10.4 Å². The highest BCUT2D eigenvalue weighted by atomic mass is 79.9. The van der Waals surface area contributed by atoms with E-state index >= 15 is 0 Å². The summed E-state index contributed by atoms with van der Waals surface area (Å²) >= 11 is 3.27. The highest BCUT2D eigenvalue weighted by Gasteiger charge is 2.35. The van der Waals surface area contributed by atoms with Crippen LogP contribution in [0.3, 0.4) is 0 Å².